The highest BCUT2D eigenvalue weighted by molar-refractivity contribution is 6.30. The Hall–Kier alpha value is -3.01. The number of carbonyl (C=O) groups excluding carboxylic acids is 2. The van der Waals surface area contributed by atoms with Gasteiger partial charge in [0.15, 0.2) is 5.79 Å². The second-order valence-corrected chi connectivity index (χ2v) is 8.01. The van der Waals surface area contributed by atoms with Gasteiger partial charge in [-0.3, -0.25) is 9.59 Å². The third-order valence-corrected chi connectivity index (χ3v) is 5.74. The van der Waals surface area contributed by atoms with Crippen molar-refractivity contribution in [1.29, 1.82) is 0 Å². The molecule has 0 saturated carbocycles. The van der Waals surface area contributed by atoms with Crippen LogP contribution < -0.4 is 5.32 Å². The summed E-state index contributed by atoms with van der Waals surface area (Å²) in [5, 5.41) is 12.2. The molecule has 2 fully saturated rings. The van der Waals surface area contributed by atoms with E-state index in [1.165, 1.54) is 18.2 Å². The highest BCUT2D eigenvalue weighted by Crippen LogP contribution is 2.34. The van der Waals surface area contributed by atoms with Crippen molar-refractivity contribution < 1.29 is 33.4 Å². The molecule has 2 heterocycles. The molecule has 4 rings (SSSR count). The van der Waals surface area contributed by atoms with E-state index in [0.717, 1.165) is 4.90 Å². The van der Waals surface area contributed by atoms with Gasteiger partial charge in [-0.25, -0.2) is 9.18 Å². The monoisotopic (exact) mass is 462 g/mol. The number of carbonyl (C=O) groups is 3. The van der Waals surface area contributed by atoms with Crippen molar-refractivity contribution in [2.24, 2.45) is 0 Å². The number of hydrogen-bond acceptors (Lipinski definition) is 5. The number of carboxylic acids is 1. The molecule has 1 spiro atoms. The molecule has 8 nitrogen and oxygen atoms in total. The topological polar surface area (TPSA) is 105 Å². The lowest BCUT2D eigenvalue weighted by molar-refractivity contribution is -0.152. The maximum absolute atomic E-state index is 14.1. The number of hydrogen-bond donors (Lipinski definition) is 2. The number of halogens is 2. The number of amides is 2. The zero-order valence-corrected chi connectivity index (χ0v) is 17.6. The van der Waals surface area contributed by atoms with Crippen LogP contribution in [0.1, 0.15) is 16.8 Å². The number of carboxylic acid groups (broad SMARTS) is 1. The number of likely N-dealkylation sites (tertiary alicyclic amines) is 1. The molecule has 2 saturated heterocycles. The highest BCUT2D eigenvalue weighted by Gasteiger charge is 2.52. The Morgan fingerprint density at radius 3 is 2.47 bits per heavy atom. The van der Waals surface area contributed by atoms with Gasteiger partial charge in [0, 0.05) is 22.6 Å². The van der Waals surface area contributed by atoms with Gasteiger partial charge in [0.05, 0.1) is 26.3 Å². The molecule has 2 aromatic rings. The molecule has 0 radical (unpaired) electrons. The van der Waals surface area contributed by atoms with Crippen molar-refractivity contribution >= 4 is 29.4 Å². The molecule has 10 heteroatoms. The lowest BCUT2D eigenvalue weighted by Crippen LogP contribution is -2.46. The van der Waals surface area contributed by atoms with E-state index < -0.39 is 35.4 Å². The van der Waals surface area contributed by atoms with E-state index in [2.05, 4.69) is 5.32 Å². The molecule has 0 bridgehead atoms. The summed E-state index contributed by atoms with van der Waals surface area (Å²) in [6.45, 7) is 0.272. The third-order valence-electron chi connectivity index (χ3n) is 5.50. The molecule has 0 unspecified atom stereocenters. The van der Waals surface area contributed by atoms with E-state index in [4.69, 9.17) is 21.1 Å². The van der Waals surface area contributed by atoms with E-state index in [1.54, 1.807) is 24.3 Å². The second-order valence-electron chi connectivity index (χ2n) is 7.57. The Kier molecular flexibility index (Phi) is 6.14. The Balaban J connectivity index is 1.39. The van der Waals surface area contributed by atoms with E-state index in [1.807, 2.05) is 0 Å². The van der Waals surface area contributed by atoms with Crippen LogP contribution in [0.4, 0.5) is 4.39 Å². The predicted molar refractivity (Wildman–Crippen MR) is 112 cm³/mol. The number of benzene rings is 2. The minimum Gasteiger partial charge on any atom is -0.480 e. The fraction of sp³-hybridized carbons (Fsp3) is 0.318. The second kappa shape index (κ2) is 8.85. The van der Waals surface area contributed by atoms with Gasteiger partial charge in [-0.2, -0.15) is 0 Å². The quantitative estimate of drug-likeness (QED) is 0.706. The van der Waals surface area contributed by atoms with Crippen LogP contribution in [0.15, 0.2) is 42.5 Å². The minimum absolute atomic E-state index is 0.0139. The average molecular weight is 463 g/mol. The SMILES string of the molecule is O=C(NCC(=O)N1CC2(C[C@H]1C(=O)O)OCCO2)c1ccc(-c2ccc(Cl)cc2F)cc1. The van der Waals surface area contributed by atoms with Gasteiger partial charge in [0.25, 0.3) is 5.91 Å². The van der Waals surface area contributed by atoms with E-state index in [9.17, 15) is 23.9 Å². The van der Waals surface area contributed by atoms with Gasteiger partial charge in [-0.1, -0.05) is 23.7 Å². The van der Waals surface area contributed by atoms with E-state index in [-0.39, 0.29) is 30.1 Å². The molecule has 2 aliphatic heterocycles. The third kappa shape index (κ3) is 4.45. The van der Waals surface area contributed by atoms with Crippen LogP contribution >= 0.6 is 11.6 Å². The largest absolute Gasteiger partial charge is 0.480 e. The zero-order valence-electron chi connectivity index (χ0n) is 16.8. The standard InChI is InChI=1S/C22H20ClFN2O6/c23-15-5-6-16(17(24)9-15)13-1-3-14(4-2-13)20(28)25-11-19(27)26-12-22(31-7-8-32-22)10-18(26)21(29)30/h1-6,9,18H,7-8,10-12H2,(H,25,28)(H,29,30)/t18-/m0/s1. The molecule has 168 valence electrons. The Bertz CT molecular complexity index is 1050. The number of rotatable bonds is 5. The first-order valence-corrected chi connectivity index (χ1v) is 10.3. The lowest BCUT2D eigenvalue weighted by Gasteiger charge is -2.23. The summed E-state index contributed by atoms with van der Waals surface area (Å²) in [5.41, 5.74) is 1.18. The molecule has 0 aromatic heterocycles. The fourth-order valence-corrected chi connectivity index (χ4v) is 4.07. The number of nitrogens with one attached hydrogen (secondary N) is 1. The first-order valence-electron chi connectivity index (χ1n) is 9.92. The number of aliphatic carboxylic acids is 1. The average Bonchev–Trinajstić information content (AvgIpc) is 3.39. The molecular weight excluding hydrogens is 443 g/mol. The summed E-state index contributed by atoms with van der Waals surface area (Å²) >= 11 is 5.77. The smallest absolute Gasteiger partial charge is 0.326 e. The van der Waals surface area contributed by atoms with Gasteiger partial charge in [0.1, 0.15) is 11.9 Å². The molecule has 2 aromatic carbocycles. The van der Waals surface area contributed by atoms with E-state index >= 15 is 0 Å². The van der Waals surface area contributed by atoms with Crippen molar-refractivity contribution in [2.45, 2.75) is 18.2 Å². The van der Waals surface area contributed by atoms with Crippen molar-refractivity contribution in [3.05, 3.63) is 58.9 Å². The van der Waals surface area contributed by atoms with Crippen molar-refractivity contribution in [1.82, 2.24) is 10.2 Å². The van der Waals surface area contributed by atoms with Crippen LogP contribution in [0.2, 0.25) is 5.02 Å². The summed E-state index contributed by atoms with van der Waals surface area (Å²) in [6.07, 6.45) is 0.0325. The van der Waals surface area contributed by atoms with Gasteiger partial charge in [-0.05, 0) is 35.9 Å². The summed E-state index contributed by atoms with van der Waals surface area (Å²) in [4.78, 5) is 37.8. The molecule has 2 N–H and O–H groups in total. The van der Waals surface area contributed by atoms with Crippen molar-refractivity contribution in [3.63, 3.8) is 0 Å². The van der Waals surface area contributed by atoms with Crippen LogP contribution in [0, 0.1) is 5.82 Å². The van der Waals surface area contributed by atoms with Crippen LogP contribution in [-0.4, -0.2) is 65.9 Å². The summed E-state index contributed by atoms with van der Waals surface area (Å²) < 4.78 is 25.1. The van der Waals surface area contributed by atoms with Gasteiger partial charge < -0.3 is 24.8 Å². The Morgan fingerprint density at radius 1 is 1.16 bits per heavy atom. The highest BCUT2D eigenvalue weighted by atomic mass is 35.5. The van der Waals surface area contributed by atoms with Crippen LogP contribution in [0.3, 0.4) is 0 Å². The van der Waals surface area contributed by atoms with Crippen molar-refractivity contribution in [3.8, 4) is 11.1 Å². The molecule has 1 atom stereocenters. The molecular formula is C22H20ClFN2O6. The first-order chi connectivity index (χ1) is 15.3. The molecule has 2 amide bonds. The fourth-order valence-electron chi connectivity index (χ4n) is 3.91. The predicted octanol–water partition coefficient (Wildman–Crippen LogP) is 2.30. The Morgan fingerprint density at radius 2 is 1.84 bits per heavy atom. The number of ether oxygens (including phenoxy) is 2. The summed E-state index contributed by atoms with van der Waals surface area (Å²) in [5.74, 6) is -3.81. The zero-order chi connectivity index (χ0) is 22.9. The van der Waals surface area contributed by atoms with Crippen molar-refractivity contribution in [2.75, 3.05) is 26.3 Å². The number of nitrogens with zero attached hydrogens (tertiary/aromatic N) is 1. The first kappa shape index (κ1) is 22.2. The molecule has 2 aliphatic rings. The van der Waals surface area contributed by atoms with Gasteiger partial charge in [0.2, 0.25) is 5.91 Å². The van der Waals surface area contributed by atoms with E-state index in [0.29, 0.717) is 24.3 Å². The summed E-state index contributed by atoms with van der Waals surface area (Å²) in [6, 6.07) is 9.42. The minimum atomic E-state index is -1.16. The van der Waals surface area contributed by atoms with Crippen LogP contribution in [0.25, 0.3) is 11.1 Å². The lowest BCUT2D eigenvalue weighted by atomic mass is 10.0. The molecule has 0 aliphatic carbocycles. The maximum atomic E-state index is 14.1. The van der Waals surface area contributed by atoms with Crippen LogP contribution in [0.5, 0.6) is 0 Å². The maximum Gasteiger partial charge on any atom is 0.326 e. The van der Waals surface area contributed by atoms with Crippen LogP contribution in [-0.2, 0) is 19.1 Å². The normalized spacial score (nSPS) is 19.3. The van der Waals surface area contributed by atoms with Gasteiger partial charge >= 0.3 is 5.97 Å². The van der Waals surface area contributed by atoms with Gasteiger partial charge in [-0.15, -0.1) is 0 Å². The molecule has 32 heavy (non-hydrogen) atoms. The summed E-state index contributed by atoms with van der Waals surface area (Å²) in [7, 11) is 0. The Labute approximate surface area is 187 Å².